The number of nitrogens with zero attached hydrogens (tertiary/aromatic N) is 1. The van der Waals surface area contributed by atoms with Crippen LogP contribution in [0.15, 0.2) is 64.0 Å². The molecule has 154 valence electrons. The Hall–Kier alpha value is -4.07. The van der Waals surface area contributed by atoms with E-state index in [9.17, 15) is 9.59 Å². The van der Waals surface area contributed by atoms with Crippen LogP contribution in [0.5, 0.6) is 11.5 Å². The number of furan rings is 1. The average Bonchev–Trinajstić information content (AvgIpc) is 3.21. The molecular weight excluding hydrogens is 388 g/mol. The van der Waals surface area contributed by atoms with Gasteiger partial charge in [-0.25, -0.2) is 4.79 Å². The number of amides is 1. The van der Waals surface area contributed by atoms with Crippen LogP contribution in [-0.2, 0) is 11.4 Å². The summed E-state index contributed by atoms with van der Waals surface area (Å²) in [4.78, 5) is 26.3. The Morgan fingerprint density at radius 1 is 1.10 bits per heavy atom. The molecule has 0 saturated carbocycles. The van der Waals surface area contributed by atoms with Gasteiger partial charge in [-0.05, 0) is 60.2 Å². The molecule has 1 heterocycles. The van der Waals surface area contributed by atoms with Crippen molar-refractivity contribution < 1.29 is 28.6 Å². The number of hydrogen-bond donors (Lipinski definition) is 2. The number of carboxylic acid groups (broad SMARTS) is 1. The number of aromatic carboxylic acids is 1. The summed E-state index contributed by atoms with van der Waals surface area (Å²) in [6.45, 7) is 1.52. The number of aliphatic imine (C=N–C) groups is 1. The Balaban J connectivity index is 1.66. The molecule has 0 aliphatic carbocycles. The second-order valence-electron chi connectivity index (χ2n) is 6.26. The predicted molar refractivity (Wildman–Crippen MR) is 111 cm³/mol. The molecule has 8 nitrogen and oxygen atoms in total. The summed E-state index contributed by atoms with van der Waals surface area (Å²) in [7, 11) is 1.53. The number of nitrogens with one attached hydrogen (secondary N) is 1. The van der Waals surface area contributed by atoms with Crippen LogP contribution >= 0.6 is 0 Å². The summed E-state index contributed by atoms with van der Waals surface area (Å²) >= 11 is 0. The second kappa shape index (κ2) is 9.42. The molecule has 2 N–H and O–H groups in total. The first-order valence-electron chi connectivity index (χ1n) is 8.99. The van der Waals surface area contributed by atoms with Crippen molar-refractivity contribution >= 4 is 29.5 Å². The number of ether oxygens (including phenoxy) is 2. The summed E-state index contributed by atoms with van der Waals surface area (Å²) in [6, 6.07) is 15.4. The molecule has 0 aliphatic heterocycles. The van der Waals surface area contributed by atoms with Gasteiger partial charge < -0.3 is 24.3 Å². The van der Waals surface area contributed by atoms with E-state index in [4.69, 9.17) is 19.0 Å². The van der Waals surface area contributed by atoms with Gasteiger partial charge >= 0.3 is 5.97 Å². The highest BCUT2D eigenvalue weighted by atomic mass is 16.5. The van der Waals surface area contributed by atoms with Gasteiger partial charge in [-0.2, -0.15) is 0 Å². The number of carboxylic acids is 1. The molecule has 1 amide bonds. The molecule has 0 fully saturated rings. The van der Waals surface area contributed by atoms with E-state index in [1.807, 2.05) is 6.07 Å². The number of carbonyl (C=O) groups is 2. The number of rotatable bonds is 8. The van der Waals surface area contributed by atoms with E-state index in [2.05, 4.69) is 10.3 Å². The molecule has 0 unspecified atom stereocenters. The zero-order chi connectivity index (χ0) is 21.5. The third kappa shape index (κ3) is 5.48. The fourth-order valence-corrected chi connectivity index (χ4v) is 2.59. The third-order valence-corrected chi connectivity index (χ3v) is 3.98. The molecule has 1 aromatic heterocycles. The molecule has 0 saturated heterocycles. The van der Waals surface area contributed by atoms with E-state index < -0.39 is 5.97 Å². The van der Waals surface area contributed by atoms with Gasteiger partial charge in [0.15, 0.2) is 11.5 Å². The van der Waals surface area contributed by atoms with Crippen molar-refractivity contribution in [3.05, 3.63) is 71.7 Å². The fraction of sp³-hybridized carbons (Fsp3) is 0.136. The molecule has 0 bridgehead atoms. The number of methoxy groups -OCH3 is 1. The van der Waals surface area contributed by atoms with Crippen LogP contribution < -0.4 is 14.8 Å². The van der Waals surface area contributed by atoms with Gasteiger partial charge in [0.25, 0.3) is 0 Å². The van der Waals surface area contributed by atoms with Crippen LogP contribution in [-0.4, -0.2) is 30.3 Å². The largest absolute Gasteiger partial charge is 0.493 e. The van der Waals surface area contributed by atoms with E-state index >= 15 is 0 Å². The first-order valence-corrected chi connectivity index (χ1v) is 8.99. The lowest BCUT2D eigenvalue weighted by molar-refractivity contribution is -0.114. The van der Waals surface area contributed by atoms with Crippen molar-refractivity contribution in [3.63, 3.8) is 0 Å². The molecule has 0 spiro atoms. The zero-order valence-electron chi connectivity index (χ0n) is 16.4. The first kappa shape index (κ1) is 20.7. The Morgan fingerprint density at radius 3 is 2.50 bits per heavy atom. The van der Waals surface area contributed by atoms with Gasteiger partial charge in [0.05, 0.1) is 12.8 Å². The summed E-state index contributed by atoms with van der Waals surface area (Å²) < 4.78 is 16.2. The van der Waals surface area contributed by atoms with Gasteiger partial charge in [0.2, 0.25) is 11.7 Å². The van der Waals surface area contributed by atoms with Crippen LogP contribution in [0.2, 0.25) is 0 Å². The number of hydrogen-bond acceptors (Lipinski definition) is 6. The van der Waals surface area contributed by atoms with E-state index in [0.29, 0.717) is 22.9 Å². The van der Waals surface area contributed by atoms with Gasteiger partial charge in [-0.3, -0.25) is 9.79 Å². The van der Waals surface area contributed by atoms with Crippen LogP contribution in [0.25, 0.3) is 0 Å². The third-order valence-electron chi connectivity index (χ3n) is 3.98. The molecule has 0 atom stereocenters. The van der Waals surface area contributed by atoms with E-state index in [1.54, 1.807) is 48.7 Å². The van der Waals surface area contributed by atoms with Gasteiger partial charge in [0.1, 0.15) is 12.4 Å². The fourth-order valence-electron chi connectivity index (χ4n) is 2.59. The smallest absolute Gasteiger partial charge is 0.371 e. The maximum Gasteiger partial charge on any atom is 0.371 e. The minimum absolute atomic E-state index is 0.0672. The van der Waals surface area contributed by atoms with Gasteiger partial charge in [0, 0.05) is 18.8 Å². The zero-order valence-corrected chi connectivity index (χ0v) is 16.4. The van der Waals surface area contributed by atoms with Crippen molar-refractivity contribution in [2.75, 3.05) is 12.4 Å². The molecule has 3 aromatic rings. The van der Waals surface area contributed by atoms with Crippen LogP contribution in [0, 0.1) is 0 Å². The van der Waals surface area contributed by atoms with Crippen molar-refractivity contribution in [2.24, 2.45) is 4.99 Å². The van der Waals surface area contributed by atoms with Crippen LogP contribution in [0.4, 0.5) is 11.4 Å². The van der Waals surface area contributed by atoms with Crippen LogP contribution in [0.3, 0.4) is 0 Å². The molecule has 0 radical (unpaired) electrons. The Labute approximate surface area is 172 Å². The Bertz CT molecular complexity index is 1070. The summed E-state index contributed by atoms with van der Waals surface area (Å²) in [5, 5.41) is 11.6. The minimum atomic E-state index is -1.13. The number of anilines is 1. The Morgan fingerprint density at radius 2 is 1.87 bits per heavy atom. The highest BCUT2D eigenvalue weighted by molar-refractivity contribution is 5.89. The minimum Gasteiger partial charge on any atom is -0.493 e. The molecule has 3 rings (SSSR count). The van der Waals surface area contributed by atoms with Crippen molar-refractivity contribution in [2.45, 2.75) is 13.5 Å². The topological polar surface area (TPSA) is 110 Å². The normalized spacial score (nSPS) is 10.7. The monoisotopic (exact) mass is 408 g/mol. The predicted octanol–water partition coefficient (Wildman–Crippen LogP) is 4.27. The average molecular weight is 408 g/mol. The van der Waals surface area contributed by atoms with E-state index in [-0.39, 0.29) is 18.3 Å². The van der Waals surface area contributed by atoms with E-state index in [0.717, 1.165) is 11.3 Å². The quantitative estimate of drug-likeness (QED) is 0.539. The lowest BCUT2D eigenvalue weighted by atomic mass is 10.2. The lowest BCUT2D eigenvalue weighted by Crippen LogP contribution is -2.04. The maximum absolute atomic E-state index is 11.1. The van der Waals surface area contributed by atoms with Gasteiger partial charge in [-0.15, -0.1) is 0 Å². The second-order valence-corrected chi connectivity index (χ2v) is 6.26. The lowest BCUT2D eigenvalue weighted by Gasteiger charge is -2.10. The Kier molecular flexibility index (Phi) is 6.49. The van der Waals surface area contributed by atoms with E-state index in [1.165, 1.54) is 20.1 Å². The van der Waals surface area contributed by atoms with Crippen molar-refractivity contribution in [1.82, 2.24) is 0 Å². The van der Waals surface area contributed by atoms with Gasteiger partial charge in [-0.1, -0.05) is 0 Å². The standard InChI is InChI=1S/C22H20N2O6/c1-14(25)24-17-6-4-16(5-7-17)23-12-15-3-9-19(21(11-15)28-2)29-13-18-8-10-20(30-18)22(26)27/h3-12H,13H2,1-2H3,(H,24,25)(H,26,27). The summed E-state index contributed by atoms with van der Waals surface area (Å²) in [6.07, 6.45) is 1.69. The molecule has 2 aromatic carbocycles. The van der Waals surface area contributed by atoms with Crippen LogP contribution in [0.1, 0.15) is 28.8 Å². The summed E-state index contributed by atoms with van der Waals surface area (Å²) in [5.41, 5.74) is 2.24. The highest BCUT2D eigenvalue weighted by Crippen LogP contribution is 2.29. The molecule has 0 aliphatic rings. The molecule has 30 heavy (non-hydrogen) atoms. The molecule has 8 heteroatoms. The maximum atomic E-state index is 11.1. The molecular formula is C22H20N2O6. The first-order chi connectivity index (χ1) is 14.4. The van der Waals surface area contributed by atoms with Crippen molar-refractivity contribution in [1.29, 1.82) is 0 Å². The van der Waals surface area contributed by atoms with Crippen molar-refractivity contribution in [3.8, 4) is 11.5 Å². The number of carbonyl (C=O) groups excluding carboxylic acids is 1. The SMILES string of the molecule is COc1cc(C=Nc2ccc(NC(C)=O)cc2)ccc1OCc1ccc(C(=O)O)o1. The summed E-state index contributed by atoms with van der Waals surface area (Å²) in [5.74, 6) is -0.0187. The number of benzene rings is 2. The highest BCUT2D eigenvalue weighted by Gasteiger charge is 2.11.